The molecule has 0 N–H and O–H groups in total. The summed E-state index contributed by atoms with van der Waals surface area (Å²) in [4.78, 5) is 12.3. The van der Waals surface area contributed by atoms with Crippen LogP contribution in [0.3, 0.4) is 0 Å². The topological polar surface area (TPSA) is 17.1 Å². The molecule has 0 heterocycles. The molecule has 0 amide bonds. The van der Waals surface area contributed by atoms with E-state index >= 15 is 0 Å². The molecule has 0 saturated heterocycles. The number of benzene rings is 2. The van der Waals surface area contributed by atoms with Gasteiger partial charge in [0, 0.05) is 18.9 Å². The van der Waals surface area contributed by atoms with Gasteiger partial charge in [0.25, 0.3) is 0 Å². The monoisotopic (exact) mass is 317 g/mol. The quantitative estimate of drug-likeness (QED) is 0.606. The summed E-state index contributed by atoms with van der Waals surface area (Å²) in [5, 5.41) is 1.86. The first-order chi connectivity index (χ1) is 8.99. The fourth-order valence-electron chi connectivity index (χ4n) is 1.85. The molecule has 20 heavy (non-hydrogen) atoms. The number of carbonyl (C=O) groups is 1. The predicted molar refractivity (Wildman–Crippen MR) is 90.4 cm³/mol. The van der Waals surface area contributed by atoms with Crippen LogP contribution in [-0.2, 0) is 0 Å². The fourth-order valence-corrected chi connectivity index (χ4v) is 3.66. The maximum atomic E-state index is 12.3. The molecule has 0 fully saturated rings. The van der Waals surface area contributed by atoms with Crippen LogP contribution in [0.1, 0.15) is 21.5 Å². The molecule has 5 heteroatoms. The van der Waals surface area contributed by atoms with Crippen LogP contribution in [0.2, 0.25) is 10.0 Å². The Morgan fingerprint density at radius 3 is 2.20 bits per heavy atom. The zero-order valence-corrected chi connectivity index (χ0v) is 14.1. The Labute approximate surface area is 143 Å². The third-order valence-electron chi connectivity index (χ3n) is 2.82. The Kier molecular flexibility index (Phi) is 6.79. The molecule has 1 radical (unpaired) electrons. The van der Waals surface area contributed by atoms with Crippen LogP contribution in [0.15, 0.2) is 36.4 Å². The van der Waals surface area contributed by atoms with Gasteiger partial charge in [-0.25, -0.2) is 0 Å². The van der Waals surface area contributed by atoms with E-state index in [1.54, 1.807) is 18.2 Å². The van der Waals surface area contributed by atoms with E-state index in [9.17, 15) is 4.79 Å². The molecule has 0 bridgehead atoms. The second kappa shape index (κ2) is 7.65. The average Bonchev–Trinajstić information content (AvgIpc) is 2.32. The van der Waals surface area contributed by atoms with Crippen molar-refractivity contribution < 1.29 is 4.79 Å². The van der Waals surface area contributed by atoms with E-state index in [0.717, 1.165) is 10.9 Å². The van der Waals surface area contributed by atoms with Gasteiger partial charge in [0.15, 0.2) is 5.52 Å². The van der Waals surface area contributed by atoms with Crippen molar-refractivity contribution in [3.63, 3.8) is 0 Å². The molecule has 2 rings (SSSR count). The summed E-state index contributed by atoms with van der Waals surface area (Å²) < 4.78 is 0. The van der Waals surface area contributed by atoms with Crippen molar-refractivity contribution in [2.24, 2.45) is 0 Å². The average molecular weight is 318 g/mol. The number of rotatable bonds is 3. The zero-order valence-electron chi connectivity index (χ0n) is 11.6. The predicted octanol–water partition coefficient (Wildman–Crippen LogP) is 4.37. The largest absolute Gasteiger partial charge is 0.289 e. The van der Waals surface area contributed by atoms with Gasteiger partial charge >= 0.3 is 0 Å². The molecule has 1 nitrogen and oxygen atoms in total. The van der Waals surface area contributed by atoms with Crippen LogP contribution < -0.4 is 5.30 Å². The smallest absolute Gasteiger partial charge is 0.188 e. The van der Waals surface area contributed by atoms with E-state index < -0.39 is 0 Å². The van der Waals surface area contributed by atoms with Crippen molar-refractivity contribution in [3.05, 3.63) is 63.1 Å². The van der Waals surface area contributed by atoms with Crippen LogP contribution in [0.25, 0.3) is 0 Å². The standard InChI is InChI=1S/C15H13Cl2OP.Li/c1-9-6-7-13(10(2)8-9)19-15(18)14-11(16)4-3-5-12(14)17;/h3-8,19H,1-2H3;. The number of aryl methyl sites for hydroxylation is 2. The first kappa shape index (κ1) is 17.8. The van der Waals surface area contributed by atoms with Gasteiger partial charge in [0.1, 0.15) is 0 Å². The molecule has 2 aromatic carbocycles. The number of hydrogen-bond acceptors (Lipinski definition) is 1. The van der Waals surface area contributed by atoms with Crippen molar-refractivity contribution in [3.8, 4) is 0 Å². The van der Waals surface area contributed by atoms with Crippen molar-refractivity contribution in [2.45, 2.75) is 13.8 Å². The van der Waals surface area contributed by atoms with Crippen molar-refractivity contribution >= 4 is 61.5 Å². The summed E-state index contributed by atoms with van der Waals surface area (Å²) >= 11 is 12.1. The van der Waals surface area contributed by atoms with Gasteiger partial charge in [0.05, 0.1) is 15.6 Å². The van der Waals surface area contributed by atoms with Gasteiger partial charge < -0.3 is 0 Å². The first-order valence-electron chi connectivity index (χ1n) is 5.81. The van der Waals surface area contributed by atoms with E-state index in [1.807, 2.05) is 26.0 Å². The van der Waals surface area contributed by atoms with Gasteiger partial charge in [-0.15, -0.1) is 0 Å². The van der Waals surface area contributed by atoms with E-state index in [0.29, 0.717) is 15.6 Å². The SMILES string of the molecule is Cc1ccc(PC(=O)c2c(Cl)cccc2Cl)c(C)c1.[Li]. The molecule has 1 atom stereocenters. The number of carbonyl (C=O) groups excluding carboxylic acids is 1. The Balaban J connectivity index is 0.00000200. The normalized spacial score (nSPS) is 10.6. The number of halogens is 2. The van der Waals surface area contributed by atoms with E-state index in [-0.39, 0.29) is 33.0 Å². The van der Waals surface area contributed by atoms with Gasteiger partial charge in [-0.3, -0.25) is 4.79 Å². The van der Waals surface area contributed by atoms with Crippen molar-refractivity contribution in [1.29, 1.82) is 0 Å². The van der Waals surface area contributed by atoms with Crippen LogP contribution in [0, 0.1) is 13.8 Å². The number of hydrogen-bond donors (Lipinski definition) is 0. The molecule has 0 spiro atoms. The third-order valence-corrected chi connectivity index (χ3v) is 4.76. The van der Waals surface area contributed by atoms with Gasteiger partial charge in [-0.1, -0.05) is 53.0 Å². The second-order valence-corrected chi connectivity index (χ2v) is 6.43. The Morgan fingerprint density at radius 1 is 1.05 bits per heavy atom. The maximum Gasteiger partial charge on any atom is 0.188 e. The minimum Gasteiger partial charge on any atom is -0.289 e. The zero-order chi connectivity index (χ0) is 14.0. The van der Waals surface area contributed by atoms with Crippen LogP contribution in [-0.4, -0.2) is 24.4 Å². The van der Waals surface area contributed by atoms with Crippen molar-refractivity contribution in [1.82, 2.24) is 0 Å². The molecule has 0 aliphatic carbocycles. The first-order valence-corrected chi connectivity index (χ1v) is 7.57. The molecule has 1 unspecified atom stereocenters. The molecule has 0 aromatic heterocycles. The second-order valence-electron chi connectivity index (χ2n) is 4.37. The fraction of sp³-hybridized carbons (Fsp3) is 0.133. The Morgan fingerprint density at radius 2 is 1.65 bits per heavy atom. The Bertz CT molecular complexity index is 624. The molecular weight excluding hydrogens is 305 g/mol. The van der Waals surface area contributed by atoms with Crippen LogP contribution in [0.5, 0.6) is 0 Å². The van der Waals surface area contributed by atoms with Gasteiger partial charge in [0.2, 0.25) is 0 Å². The maximum absolute atomic E-state index is 12.3. The summed E-state index contributed by atoms with van der Waals surface area (Å²) in [7, 11) is 0.0359. The summed E-state index contributed by atoms with van der Waals surface area (Å²) in [6.45, 7) is 4.05. The summed E-state index contributed by atoms with van der Waals surface area (Å²) in [5.41, 5.74) is 2.70. The molecule has 0 aliphatic rings. The minimum atomic E-state index is -0.0254. The minimum absolute atomic E-state index is 0. The van der Waals surface area contributed by atoms with Gasteiger partial charge in [-0.2, -0.15) is 0 Å². The summed E-state index contributed by atoms with van der Waals surface area (Å²) in [6, 6.07) is 11.2. The Hall–Kier alpha value is -0.283. The van der Waals surface area contributed by atoms with E-state index in [4.69, 9.17) is 23.2 Å². The van der Waals surface area contributed by atoms with Crippen LogP contribution >= 0.6 is 31.8 Å². The van der Waals surface area contributed by atoms with E-state index in [2.05, 4.69) is 6.07 Å². The van der Waals surface area contributed by atoms with Gasteiger partial charge in [-0.05, 0) is 45.4 Å². The van der Waals surface area contributed by atoms with Crippen molar-refractivity contribution in [2.75, 3.05) is 0 Å². The summed E-state index contributed by atoms with van der Waals surface area (Å²) in [5.74, 6) is 0. The van der Waals surface area contributed by atoms with Crippen LogP contribution in [0.4, 0.5) is 0 Å². The third kappa shape index (κ3) is 4.11. The van der Waals surface area contributed by atoms with E-state index in [1.165, 1.54) is 5.56 Å². The molecule has 0 aliphatic heterocycles. The molecule has 0 saturated carbocycles. The summed E-state index contributed by atoms with van der Waals surface area (Å²) in [6.07, 6.45) is 0. The molecular formula is C15H13Cl2LiOP. The molecule has 2 aromatic rings. The molecule has 99 valence electrons.